The summed E-state index contributed by atoms with van der Waals surface area (Å²) in [6, 6.07) is 15.8. The van der Waals surface area contributed by atoms with Crippen molar-refractivity contribution in [3.8, 4) is 0 Å². The predicted octanol–water partition coefficient (Wildman–Crippen LogP) is 4.44. The molecule has 0 aliphatic heterocycles. The zero-order chi connectivity index (χ0) is 21.0. The van der Waals surface area contributed by atoms with E-state index in [0.717, 1.165) is 0 Å². The van der Waals surface area contributed by atoms with E-state index in [-0.39, 0.29) is 5.76 Å². The van der Waals surface area contributed by atoms with Crippen LogP contribution < -0.4 is 5.32 Å². The molecule has 29 heavy (non-hydrogen) atoms. The van der Waals surface area contributed by atoms with E-state index in [1.54, 1.807) is 36.4 Å². The summed E-state index contributed by atoms with van der Waals surface area (Å²) in [5, 5.41) is 2.70. The smallest absolute Gasteiger partial charge is 0.333 e. The van der Waals surface area contributed by atoms with Gasteiger partial charge in [0, 0.05) is 6.42 Å². The van der Waals surface area contributed by atoms with Crippen LogP contribution in [0.3, 0.4) is 0 Å². The lowest BCUT2D eigenvalue weighted by Gasteiger charge is -2.16. The molecule has 1 amide bonds. The number of ether oxygens (including phenoxy) is 1. The highest BCUT2D eigenvalue weighted by atomic mass is 16.5. The van der Waals surface area contributed by atoms with Gasteiger partial charge in [0.05, 0.1) is 7.11 Å². The van der Waals surface area contributed by atoms with Gasteiger partial charge in [-0.3, -0.25) is 4.79 Å². The van der Waals surface area contributed by atoms with Gasteiger partial charge in [-0.25, -0.2) is 4.79 Å². The number of benzene rings is 2. The SMILES string of the molecule is COC(=O)[C@@H](NC(=O)c1ccc(Cc2c(C)cc(C)cc2C)o1)c1ccccc1. The molecule has 150 valence electrons. The molecule has 0 bridgehead atoms. The molecule has 1 aromatic heterocycles. The Morgan fingerprint density at radius 1 is 1.00 bits per heavy atom. The monoisotopic (exact) mass is 391 g/mol. The molecule has 1 atom stereocenters. The summed E-state index contributed by atoms with van der Waals surface area (Å²) < 4.78 is 10.6. The van der Waals surface area contributed by atoms with Crippen LogP contribution in [0.25, 0.3) is 0 Å². The molecule has 0 radical (unpaired) electrons. The number of esters is 1. The van der Waals surface area contributed by atoms with E-state index in [0.29, 0.717) is 17.7 Å². The van der Waals surface area contributed by atoms with Crippen LogP contribution in [0, 0.1) is 20.8 Å². The van der Waals surface area contributed by atoms with E-state index in [4.69, 9.17) is 9.15 Å². The summed E-state index contributed by atoms with van der Waals surface area (Å²) in [5.41, 5.74) is 5.44. The Kier molecular flexibility index (Phi) is 6.17. The first kappa shape index (κ1) is 20.4. The summed E-state index contributed by atoms with van der Waals surface area (Å²) in [4.78, 5) is 24.8. The number of amides is 1. The minimum Gasteiger partial charge on any atom is -0.467 e. The van der Waals surface area contributed by atoms with Crippen LogP contribution in [0.4, 0.5) is 0 Å². The topological polar surface area (TPSA) is 68.5 Å². The first-order valence-corrected chi connectivity index (χ1v) is 9.48. The van der Waals surface area contributed by atoms with E-state index in [1.165, 1.54) is 29.4 Å². The van der Waals surface area contributed by atoms with E-state index in [9.17, 15) is 9.59 Å². The Balaban J connectivity index is 1.77. The van der Waals surface area contributed by atoms with Crippen molar-refractivity contribution in [3.05, 3.63) is 93.9 Å². The number of carbonyl (C=O) groups is 2. The Bertz CT molecular complexity index is 997. The zero-order valence-corrected chi connectivity index (χ0v) is 17.1. The fraction of sp³-hybridized carbons (Fsp3) is 0.250. The number of hydrogen-bond donors (Lipinski definition) is 1. The van der Waals surface area contributed by atoms with Gasteiger partial charge in [0.2, 0.25) is 0 Å². The Morgan fingerprint density at radius 3 is 2.28 bits per heavy atom. The van der Waals surface area contributed by atoms with Crippen LogP contribution in [0.1, 0.15) is 50.2 Å². The Morgan fingerprint density at radius 2 is 1.66 bits per heavy atom. The van der Waals surface area contributed by atoms with E-state index < -0.39 is 17.9 Å². The molecule has 0 aliphatic carbocycles. The minimum atomic E-state index is -0.899. The van der Waals surface area contributed by atoms with Crippen LogP contribution in [-0.2, 0) is 16.0 Å². The minimum absolute atomic E-state index is 0.159. The molecule has 0 saturated heterocycles. The molecular formula is C24H25NO4. The summed E-state index contributed by atoms with van der Waals surface area (Å²) in [6.07, 6.45) is 0.602. The average molecular weight is 391 g/mol. The van der Waals surface area contributed by atoms with Gasteiger partial charge in [0.15, 0.2) is 11.8 Å². The third-order valence-corrected chi connectivity index (χ3v) is 4.92. The van der Waals surface area contributed by atoms with Gasteiger partial charge in [-0.05, 0) is 55.2 Å². The van der Waals surface area contributed by atoms with Crippen molar-refractivity contribution in [2.75, 3.05) is 7.11 Å². The summed E-state index contributed by atoms with van der Waals surface area (Å²) in [7, 11) is 1.29. The maximum atomic E-state index is 12.7. The molecule has 2 aromatic carbocycles. The van der Waals surface area contributed by atoms with Crippen molar-refractivity contribution in [3.63, 3.8) is 0 Å². The molecule has 3 rings (SSSR count). The standard InChI is InChI=1S/C24H25NO4/c1-15-12-16(2)20(17(3)13-15)14-19-10-11-21(29-19)23(26)25-22(24(27)28-4)18-8-6-5-7-9-18/h5-13,22H,14H2,1-4H3,(H,25,26)/t22-/m0/s1. The van der Waals surface area contributed by atoms with E-state index in [1.807, 2.05) is 6.07 Å². The van der Waals surface area contributed by atoms with Crippen molar-refractivity contribution in [1.82, 2.24) is 5.32 Å². The van der Waals surface area contributed by atoms with Crippen LogP contribution >= 0.6 is 0 Å². The second-order valence-electron chi connectivity index (χ2n) is 7.16. The van der Waals surface area contributed by atoms with Gasteiger partial charge in [-0.2, -0.15) is 0 Å². The normalized spacial score (nSPS) is 11.7. The number of nitrogens with one attached hydrogen (secondary N) is 1. The van der Waals surface area contributed by atoms with Crippen molar-refractivity contribution < 1.29 is 18.7 Å². The van der Waals surface area contributed by atoms with Gasteiger partial charge >= 0.3 is 5.97 Å². The fourth-order valence-corrected chi connectivity index (χ4v) is 3.50. The first-order valence-electron chi connectivity index (χ1n) is 9.48. The lowest BCUT2D eigenvalue weighted by molar-refractivity contribution is -0.143. The van der Waals surface area contributed by atoms with Gasteiger partial charge in [-0.1, -0.05) is 48.0 Å². The van der Waals surface area contributed by atoms with Crippen LogP contribution in [0.5, 0.6) is 0 Å². The van der Waals surface area contributed by atoms with E-state index in [2.05, 4.69) is 38.2 Å². The zero-order valence-electron chi connectivity index (χ0n) is 17.1. The molecule has 3 aromatic rings. The lowest BCUT2D eigenvalue weighted by atomic mass is 9.97. The molecule has 1 N–H and O–H groups in total. The highest BCUT2D eigenvalue weighted by molar-refractivity contribution is 5.94. The van der Waals surface area contributed by atoms with Crippen molar-refractivity contribution in [2.45, 2.75) is 33.2 Å². The lowest BCUT2D eigenvalue weighted by Crippen LogP contribution is -2.34. The predicted molar refractivity (Wildman–Crippen MR) is 111 cm³/mol. The van der Waals surface area contributed by atoms with Crippen LogP contribution in [-0.4, -0.2) is 19.0 Å². The highest BCUT2D eigenvalue weighted by Gasteiger charge is 2.25. The molecule has 0 saturated carbocycles. The molecule has 5 nitrogen and oxygen atoms in total. The van der Waals surface area contributed by atoms with Crippen LogP contribution in [0.2, 0.25) is 0 Å². The van der Waals surface area contributed by atoms with Gasteiger partial charge in [0.1, 0.15) is 5.76 Å². The number of carbonyl (C=O) groups excluding carboxylic acids is 2. The number of hydrogen-bond acceptors (Lipinski definition) is 4. The summed E-state index contributed by atoms with van der Waals surface area (Å²) >= 11 is 0. The molecule has 0 unspecified atom stereocenters. The summed E-state index contributed by atoms with van der Waals surface area (Å²) in [6.45, 7) is 6.23. The third-order valence-electron chi connectivity index (χ3n) is 4.92. The number of furan rings is 1. The third kappa shape index (κ3) is 4.74. The summed E-state index contributed by atoms with van der Waals surface area (Å²) in [5.74, 6) is -0.151. The highest BCUT2D eigenvalue weighted by Crippen LogP contribution is 2.22. The average Bonchev–Trinajstić information content (AvgIpc) is 3.17. The largest absolute Gasteiger partial charge is 0.467 e. The van der Waals surface area contributed by atoms with E-state index >= 15 is 0 Å². The molecular weight excluding hydrogens is 366 g/mol. The van der Waals surface area contributed by atoms with Crippen molar-refractivity contribution in [2.24, 2.45) is 0 Å². The van der Waals surface area contributed by atoms with Gasteiger partial charge in [0.25, 0.3) is 5.91 Å². The maximum absolute atomic E-state index is 12.7. The second kappa shape index (κ2) is 8.78. The molecule has 5 heteroatoms. The van der Waals surface area contributed by atoms with Crippen molar-refractivity contribution in [1.29, 1.82) is 0 Å². The second-order valence-corrected chi connectivity index (χ2v) is 7.16. The molecule has 0 fully saturated rings. The van der Waals surface area contributed by atoms with Gasteiger partial charge < -0.3 is 14.5 Å². The Hall–Kier alpha value is -3.34. The molecule has 0 spiro atoms. The van der Waals surface area contributed by atoms with Crippen molar-refractivity contribution >= 4 is 11.9 Å². The molecule has 1 heterocycles. The number of methoxy groups -OCH3 is 1. The quantitative estimate of drug-likeness (QED) is 0.631. The number of rotatable bonds is 6. The number of aryl methyl sites for hydroxylation is 3. The first-order chi connectivity index (χ1) is 13.9. The van der Waals surface area contributed by atoms with Gasteiger partial charge in [-0.15, -0.1) is 0 Å². The Labute approximate surface area is 170 Å². The maximum Gasteiger partial charge on any atom is 0.333 e. The molecule has 0 aliphatic rings. The van der Waals surface area contributed by atoms with Crippen LogP contribution in [0.15, 0.2) is 59.0 Å². The fourth-order valence-electron chi connectivity index (χ4n) is 3.50.